The maximum absolute atomic E-state index is 12.1. The molecule has 0 radical (unpaired) electrons. The second-order valence-corrected chi connectivity index (χ2v) is 7.32. The molecule has 0 aliphatic carbocycles. The molecule has 0 aliphatic rings. The van der Waals surface area contributed by atoms with Gasteiger partial charge in [-0.05, 0) is 35.9 Å². The van der Waals surface area contributed by atoms with Crippen LogP contribution in [0, 0.1) is 0 Å². The van der Waals surface area contributed by atoms with E-state index >= 15 is 0 Å². The third kappa shape index (κ3) is 4.26. The number of nitrogens with zero attached hydrogens (tertiary/aromatic N) is 1. The van der Waals surface area contributed by atoms with Crippen LogP contribution >= 0.6 is 11.6 Å². The van der Waals surface area contributed by atoms with Crippen molar-refractivity contribution in [1.29, 1.82) is 0 Å². The molecule has 6 nitrogen and oxygen atoms in total. The highest BCUT2D eigenvalue weighted by atomic mass is 35.5. The number of benzene rings is 1. The van der Waals surface area contributed by atoms with Gasteiger partial charge in [0.15, 0.2) is 5.76 Å². The van der Waals surface area contributed by atoms with Crippen molar-refractivity contribution in [3.63, 3.8) is 0 Å². The molecule has 2 aromatic heterocycles. The van der Waals surface area contributed by atoms with Crippen LogP contribution in [-0.2, 0) is 15.8 Å². The Morgan fingerprint density at radius 2 is 1.92 bits per heavy atom. The summed E-state index contributed by atoms with van der Waals surface area (Å²) in [6, 6.07) is 13.2. The Balaban J connectivity index is 1.75. The van der Waals surface area contributed by atoms with Crippen LogP contribution in [-0.4, -0.2) is 19.3 Å². The molecular weight excluding hydrogens is 364 g/mol. The fraction of sp³-hybridized carbons (Fsp3) is 0.0588. The van der Waals surface area contributed by atoms with E-state index in [4.69, 9.17) is 16.0 Å². The van der Waals surface area contributed by atoms with Crippen molar-refractivity contribution in [2.24, 2.45) is 0 Å². The number of halogens is 1. The highest BCUT2D eigenvalue weighted by Gasteiger charge is 2.20. The molecule has 0 fully saturated rings. The first-order chi connectivity index (χ1) is 11.9. The molecule has 3 aromatic rings. The van der Waals surface area contributed by atoms with E-state index in [0.717, 1.165) is 0 Å². The Kier molecular flexibility index (Phi) is 4.87. The molecule has 0 spiro atoms. The fourth-order valence-electron chi connectivity index (χ4n) is 2.20. The maximum atomic E-state index is 12.1. The summed E-state index contributed by atoms with van der Waals surface area (Å²) in [5.74, 6) is -0.947. The molecule has 25 heavy (non-hydrogen) atoms. The van der Waals surface area contributed by atoms with Gasteiger partial charge in [-0.1, -0.05) is 29.8 Å². The number of nitrogens with one attached hydrogen (secondary N) is 1. The van der Waals surface area contributed by atoms with Gasteiger partial charge in [0.05, 0.1) is 10.8 Å². The number of furan rings is 1. The lowest BCUT2D eigenvalue weighted by Gasteiger charge is -2.05. The van der Waals surface area contributed by atoms with E-state index < -0.39 is 15.9 Å². The van der Waals surface area contributed by atoms with Crippen LogP contribution in [0.25, 0.3) is 11.3 Å². The minimum absolute atomic E-state index is 0.121. The lowest BCUT2D eigenvalue weighted by Crippen LogP contribution is -2.31. The van der Waals surface area contributed by atoms with Crippen molar-refractivity contribution >= 4 is 27.5 Å². The van der Waals surface area contributed by atoms with Gasteiger partial charge in [-0.3, -0.25) is 9.78 Å². The fourth-order valence-corrected chi connectivity index (χ4v) is 3.49. The topological polar surface area (TPSA) is 89.3 Å². The highest BCUT2D eigenvalue weighted by molar-refractivity contribution is 7.89. The Labute approximate surface area is 149 Å². The Morgan fingerprint density at radius 1 is 1.12 bits per heavy atom. The first-order valence-electron chi connectivity index (χ1n) is 7.23. The van der Waals surface area contributed by atoms with Crippen molar-refractivity contribution in [3.05, 3.63) is 77.3 Å². The van der Waals surface area contributed by atoms with Crippen LogP contribution < -0.4 is 4.72 Å². The van der Waals surface area contributed by atoms with Crippen LogP contribution in [0.1, 0.15) is 16.1 Å². The molecule has 3 rings (SSSR count). The van der Waals surface area contributed by atoms with Gasteiger partial charge < -0.3 is 4.42 Å². The van der Waals surface area contributed by atoms with Crippen molar-refractivity contribution in [2.75, 3.05) is 0 Å². The number of aromatic nitrogens is 1. The molecule has 1 N–H and O–H groups in total. The van der Waals surface area contributed by atoms with E-state index in [1.54, 1.807) is 42.5 Å². The molecule has 0 saturated carbocycles. The van der Waals surface area contributed by atoms with Crippen LogP contribution in [0.5, 0.6) is 0 Å². The first-order valence-corrected chi connectivity index (χ1v) is 9.26. The molecule has 0 bridgehead atoms. The number of sulfonamides is 1. The number of hydrogen-bond donors (Lipinski definition) is 1. The van der Waals surface area contributed by atoms with Crippen LogP contribution in [0.4, 0.5) is 0 Å². The minimum atomic E-state index is -3.87. The lowest BCUT2D eigenvalue weighted by molar-refractivity contribution is 0.0955. The predicted octanol–water partition coefficient (Wildman–Crippen LogP) is 3.25. The predicted molar refractivity (Wildman–Crippen MR) is 93.5 cm³/mol. The highest BCUT2D eigenvalue weighted by Crippen LogP contribution is 2.29. The quantitative estimate of drug-likeness (QED) is 0.738. The minimum Gasteiger partial charge on any atom is -0.451 e. The Hall–Kier alpha value is -2.64. The third-order valence-electron chi connectivity index (χ3n) is 3.30. The van der Waals surface area contributed by atoms with E-state index in [-0.39, 0.29) is 11.5 Å². The smallest absolute Gasteiger partial charge is 0.300 e. The summed E-state index contributed by atoms with van der Waals surface area (Å²) in [5.41, 5.74) is 1.08. The van der Waals surface area contributed by atoms with E-state index in [1.807, 2.05) is 4.72 Å². The molecular formula is C17H13ClN2O4S. The summed E-state index contributed by atoms with van der Waals surface area (Å²) in [7, 11) is -3.87. The van der Waals surface area contributed by atoms with E-state index in [9.17, 15) is 13.2 Å². The molecule has 0 unspecified atom stereocenters. The van der Waals surface area contributed by atoms with Crippen molar-refractivity contribution in [3.8, 4) is 11.3 Å². The summed E-state index contributed by atoms with van der Waals surface area (Å²) in [6.45, 7) is 0. The normalized spacial score (nSPS) is 11.2. The summed E-state index contributed by atoms with van der Waals surface area (Å²) in [5, 5.41) is 0.466. The summed E-state index contributed by atoms with van der Waals surface area (Å²) in [6.07, 6.45) is 2.96. The lowest BCUT2D eigenvalue weighted by atomic mass is 10.2. The molecule has 128 valence electrons. The molecule has 1 aromatic carbocycles. The van der Waals surface area contributed by atoms with Crippen LogP contribution in [0.2, 0.25) is 5.02 Å². The second kappa shape index (κ2) is 7.08. The number of carbonyl (C=O) groups excluding carboxylic acids is 1. The molecule has 2 heterocycles. The van der Waals surface area contributed by atoms with E-state index in [1.165, 1.54) is 18.5 Å². The van der Waals surface area contributed by atoms with Crippen molar-refractivity contribution in [2.45, 2.75) is 5.75 Å². The van der Waals surface area contributed by atoms with Gasteiger partial charge in [-0.25, -0.2) is 13.1 Å². The summed E-state index contributed by atoms with van der Waals surface area (Å²) >= 11 is 6.08. The molecule has 0 atom stereocenters. The third-order valence-corrected chi connectivity index (χ3v) is 4.84. The molecule has 1 amide bonds. The van der Waals surface area contributed by atoms with Gasteiger partial charge in [0.1, 0.15) is 5.76 Å². The van der Waals surface area contributed by atoms with Crippen molar-refractivity contribution < 1.29 is 17.6 Å². The van der Waals surface area contributed by atoms with Gasteiger partial charge in [0, 0.05) is 18.0 Å². The maximum Gasteiger partial charge on any atom is 0.300 e. The molecule has 0 saturated heterocycles. The number of pyridine rings is 1. The average Bonchev–Trinajstić information content (AvgIpc) is 3.05. The van der Waals surface area contributed by atoms with Crippen molar-refractivity contribution in [1.82, 2.24) is 9.71 Å². The second-order valence-electron chi connectivity index (χ2n) is 5.20. The SMILES string of the molecule is O=C(NS(=O)(=O)Cc1cccnc1)c1ccc(-c2ccccc2Cl)o1. The zero-order valence-electron chi connectivity index (χ0n) is 12.8. The Morgan fingerprint density at radius 3 is 2.64 bits per heavy atom. The first kappa shape index (κ1) is 17.2. The zero-order chi connectivity index (χ0) is 17.9. The van der Waals surface area contributed by atoms with Gasteiger partial charge in [0.25, 0.3) is 5.91 Å². The summed E-state index contributed by atoms with van der Waals surface area (Å²) in [4.78, 5) is 16.0. The zero-order valence-corrected chi connectivity index (χ0v) is 14.4. The van der Waals surface area contributed by atoms with Gasteiger partial charge in [-0.2, -0.15) is 0 Å². The largest absolute Gasteiger partial charge is 0.451 e. The van der Waals surface area contributed by atoms with Gasteiger partial charge >= 0.3 is 0 Å². The number of amides is 1. The van der Waals surface area contributed by atoms with E-state index in [0.29, 0.717) is 21.9 Å². The molecule has 0 aliphatic heterocycles. The summed E-state index contributed by atoms with van der Waals surface area (Å²) < 4.78 is 31.6. The number of carbonyl (C=O) groups is 1. The number of rotatable bonds is 5. The molecule has 8 heteroatoms. The number of hydrogen-bond acceptors (Lipinski definition) is 5. The average molecular weight is 377 g/mol. The van der Waals surface area contributed by atoms with Crippen LogP contribution in [0.15, 0.2) is 65.3 Å². The van der Waals surface area contributed by atoms with Crippen LogP contribution in [0.3, 0.4) is 0 Å². The van der Waals surface area contributed by atoms with Gasteiger partial charge in [0.2, 0.25) is 10.0 Å². The standard InChI is InChI=1S/C17H13ClN2O4S/c18-14-6-2-1-5-13(14)15-7-8-16(24-15)17(21)20-25(22,23)11-12-4-3-9-19-10-12/h1-10H,11H2,(H,20,21). The van der Waals surface area contributed by atoms with Gasteiger partial charge in [-0.15, -0.1) is 0 Å². The Bertz CT molecular complexity index is 1000. The van der Waals surface area contributed by atoms with E-state index in [2.05, 4.69) is 4.98 Å². The monoisotopic (exact) mass is 376 g/mol.